The summed E-state index contributed by atoms with van der Waals surface area (Å²) in [6.45, 7) is 5.66. The van der Waals surface area contributed by atoms with Crippen LogP contribution in [-0.4, -0.2) is 28.3 Å². The molecule has 0 radical (unpaired) electrons. The van der Waals surface area contributed by atoms with Gasteiger partial charge in [0.2, 0.25) is 0 Å². The van der Waals surface area contributed by atoms with Gasteiger partial charge in [0, 0.05) is 11.7 Å². The number of rotatable bonds is 7. The summed E-state index contributed by atoms with van der Waals surface area (Å²) in [5.41, 5.74) is 2.94. The van der Waals surface area contributed by atoms with Gasteiger partial charge in [0.05, 0.1) is 11.6 Å². The maximum absolute atomic E-state index is 14.6. The summed E-state index contributed by atoms with van der Waals surface area (Å²) < 4.78 is 14.6. The summed E-state index contributed by atoms with van der Waals surface area (Å²) in [7, 11) is 0. The predicted octanol–water partition coefficient (Wildman–Crippen LogP) is 4.30. The Labute approximate surface area is 169 Å². The molecule has 152 valence electrons. The molecule has 0 spiro atoms. The number of aryl methyl sites for hydroxylation is 2. The van der Waals surface area contributed by atoms with Crippen LogP contribution < -0.4 is 16.0 Å². The Kier molecular flexibility index (Phi) is 5.87. The molecular formula is C21H24FN5O2. The zero-order valence-corrected chi connectivity index (χ0v) is 16.6. The van der Waals surface area contributed by atoms with Crippen molar-refractivity contribution in [3.63, 3.8) is 0 Å². The summed E-state index contributed by atoms with van der Waals surface area (Å²) in [6.07, 6.45) is 0.749. The number of hydrogen-bond donors (Lipinski definition) is 4. The van der Waals surface area contributed by atoms with Crippen molar-refractivity contribution in [3.05, 3.63) is 46.8 Å². The van der Waals surface area contributed by atoms with E-state index in [1.54, 1.807) is 6.92 Å². The van der Waals surface area contributed by atoms with Gasteiger partial charge in [0.1, 0.15) is 6.07 Å². The minimum Gasteiger partial charge on any atom is -0.465 e. The number of nitrogens with zero attached hydrogens (tertiary/aromatic N) is 2. The number of aromatic nitrogens is 1. The molecule has 2 aromatic rings. The van der Waals surface area contributed by atoms with Crippen LogP contribution in [0.3, 0.4) is 0 Å². The zero-order chi connectivity index (χ0) is 21.1. The molecule has 1 aliphatic carbocycles. The fourth-order valence-electron chi connectivity index (χ4n) is 3.50. The summed E-state index contributed by atoms with van der Waals surface area (Å²) >= 11 is 0. The topological polar surface area (TPSA) is 110 Å². The van der Waals surface area contributed by atoms with Gasteiger partial charge in [-0.2, -0.15) is 5.26 Å². The van der Waals surface area contributed by atoms with Crippen LogP contribution >= 0.6 is 0 Å². The standard InChI is InChI=1S/C21H24FN5O2/c1-11-6-12(2)8-16(7-11)25-19-15(10-23)9-17(22)20(27-19)26-18(14-4-5-14)13(3)24-21(28)29/h6-9,13-14,18,24H,4-5H2,1-3H3,(H,28,29)(H2,25,26,27)/t13-,18-/m0/s1. The Hall–Kier alpha value is -3.34. The van der Waals surface area contributed by atoms with Crippen LogP contribution in [0.4, 0.5) is 26.5 Å². The molecule has 1 aromatic carbocycles. The maximum Gasteiger partial charge on any atom is 0.404 e. The van der Waals surface area contributed by atoms with E-state index < -0.39 is 18.0 Å². The number of halogens is 1. The van der Waals surface area contributed by atoms with Gasteiger partial charge in [-0.3, -0.25) is 0 Å². The van der Waals surface area contributed by atoms with Crippen LogP contribution in [0.15, 0.2) is 24.3 Å². The molecule has 1 aromatic heterocycles. The molecule has 1 fully saturated rings. The molecule has 1 saturated carbocycles. The van der Waals surface area contributed by atoms with Gasteiger partial charge in [-0.15, -0.1) is 0 Å². The van der Waals surface area contributed by atoms with Crippen molar-refractivity contribution in [2.45, 2.75) is 45.7 Å². The largest absolute Gasteiger partial charge is 0.465 e. The molecule has 3 rings (SSSR count). The summed E-state index contributed by atoms with van der Waals surface area (Å²) in [6, 6.07) is 8.24. The average molecular weight is 397 g/mol. The van der Waals surface area contributed by atoms with Crippen LogP contribution in [0, 0.1) is 36.9 Å². The van der Waals surface area contributed by atoms with Crippen LogP contribution in [0.5, 0.6) is 0 Å². The number of benzene rings is 1. The monoisotopic (exact) mass is 397 g/mol. The Morgan fingerprint density at radius 3 is 2.45 bits per heavy atom. The lowest BCUT2D eigenvalue weighted by atomic mass is 10.0. The Bertz CT molecular complexity index is 948. The number of hydrogen-bond acceptors (Lipinski definition) is 5. The van der Waals surface area contributed by atoms with E-state index >= 15 is 0 Å². The van der Waals surface area contributed by atoms with Gasteiger partial charge in [0.15, 0.2) is 17.5 Å². The first kappa shape index (κ1) is 20.4. The van der Waals surface area contributed by atoms with E-state index in [2.05, 4.69) is 20.9 Å². The third-order valence-electron chi connectivity index (χ3n) is 4.90. The van der Waals surface area contributed by atoms with Gasteiger partial charge >= 0.3 is 6.09 Å². The molecule has 0 aliphatic heterocycles. The molecule has 29 heavy (non-hydrogen) atoms. The van der Waals surface area contributed by atoms with Gasteiger partial charge in [-0.05, 0) is 68.9 Å². The first-order valence-corrected chi connectivity index (χ1v) is 9.48. The number of amides is 1. The lowest BCUT2D eigenvalue weighted by Crippen LogP contribution is -2.45. The molecule has 0 unspecified atom stereocenters. The van der Waals surface area contributed by atoms with Crippen molar-refractivity contribution in [2.75, 3.05) is 10.6 Å². The quantitative estimate of drug-likeness (QED) is 0.554. The molecule has 1 amide bonds. The van der Waals surface area contributed by atoms with Crippen LogP contribution in [0.1, 0.15) is 36.5 Å². The highest BCUT2D eigenvalue weighted by molar-refractivity contribution is 5.67. The van der Waals surface area contributed by atoms with E-state index in [-0.39, 0.29) is 29.2 Å². The third-order valence-corrected chi connectivity index (χ3v) is 4.90. The minimum absolute atomic E-state index is 0.00758. The van der Waals surface area contributed by atoms with Gasteiger partial charge in [0.25, 0.3) is 0 Å². The van der Waals surface area contributed by atoms with E-state index in [0.717, 1.165) is 35.7 Å². The molecule has 7 nitrogen and oxygen atoms in total. The van der Waals surface area contributed by atoms with Crippen molar-refractivity contribution in [2.24, 2.45) is 5.92 Å². The Balaban J connectivity index is 1.90. The summed E-state index contributed by atoms with van der Waals surface area (Å²) in [5, 5.41) is 27.0. The Morgan fingerprint density at radius 2 is 1.90 bits per heavy atom. The first-order chi connectivity index (χ1) is 13.8. The molecule has 0 saturated heterocycles. The SMILES string of the molecule is Cc1cc(C)cc(Nc2nc(N[C@H](C3CC3)[C@H](C)NC(=O)O)c(F)cc2C#N)c1. The summed E-state index contributed by atoms with van der Waals surface area (Å²) in [5.74, 6) is -0.174. The minimum atomic E-state index is -1.13. The van der Waals surface area contributed by atoms with E-state index in [0.29, 0.717) is 0 Å². The number of carbonyl (C=O) groups is 1. The van der Waals surface area contributed by atoms with E-state index in [4.69, 9.17) is 5.11 Å². The highest BCUT2D eigenvalue weighted by atomic mass is 19.1. The molecule has 2 atom stereocenters. The van der Waals surface area contributed by atoms with Gasteiger partial charge in [-0.25, -0.2) is 14.2 Å². The van der Waals surface area contributed by atoms with Crippen LogP contribution in [0.25, 0.3) is 0 Å². The Morgan fingerprint density at radius 1 is 1.24 bits per heavy atom. The number of nitrogens with one attached hydrogen (secondary N) is 3. The second-order valence-corrected chi connectivity index (χ2v) is 7.57. The molecule has 1 heterocycles. The molecular weight excluding hydrogens is 373 g/mol. The van der Waals surface area contributed by atoms with E-state index in [1.165, 1.54) is 0 Å². The van der Waals surface area contributed by atoms with Gasteiger partial charge < -0.3 is 21.1 Å². The van der Waals surface area contributed by atoms with E-state index in [1.807, 2.05) is 38.1 Å². The molecule has 4 N–H and O–H groups in total. The highest BCUT2D eigenvalue weighted by Crippen LogP contribution is 2.36. The van der Waals surface area contributed by atoms with Crippen LogP contribution in [0.2, 0.25) is 0 Å². The highest BCUT2D eigenvalue weighted by Gasteiger charge is 2.36. The number of nitriles is 1. The van der Waals surface area contributed by atoms with Crippen LogP contribution in [-0.2, 0) is 0 Å². The number of carboxylic acid groups (broad SMARTS) is 1. The van der Waals surface area contributed by atoms with E-state index in [9.17, 15) is 14.4 Å². The summed E-state index contributed by atoms with van der Waals surface area (Å²) in [4.78, 5) is 15.3. The smallest absolute Gasteiger partial charge is 0.404 e. The second-order valence-electron chi connectivity index (χ2n) is 7.57. The second kappa shape index (κ2) is 8.35. The van der Waals surface area contributed by atoms with Crippen molar-refractivity contribution in [3.8, 4) is 6.07 Å². The number of anilines is 3. The molecule has 8 heteroatoms. The van der Waals surface area contributed by atoms with Crippen molar-refractivity contribution < 1.29 is 14.3 Å². The normalized spacial score (nSPS) is 15.1. The van der Waals surface area contributed by atoms with Crippen molar-refractivity contribution in [1.29, 1.82) is 5.26 Å². The number of pyridine rings is 1. The fourth-order valence-corrected chi connectivity index (χ4v) is 3.50. The fraction of sp³-hybridized carbons (Fsp3) is 0.381. The average Bonchev–Trinajstić information content (AvgIpc) is 3.45. The molecule has 0 bridgehead atoms. The predicted molar refractivity (Wildman–Crippen MR) is 109 cm³/mol. The zero-order valence-electron chi connectivity index (χ0n) is 16.6. The van der Waals surface area contributed by atoms with Crippen molar-refractivity contribution in [1.82, 2.24) is 10.3 Å². The third kappa shape index (κ3) is 5.13. The first-order valence-electron chi connectivity index (χ1n) is 9.48. The maximum atomic E-state index is 14.6. The lowest BCUT2D eigenvalue weighted by Gasteiger charge is -2.26. The van der Waals surface area contributed by atoms with Gasteiger partial charge in [-0.1, -0.05) is 6.07 Å². The lowest BCUT2D eigenvalue weighted by molar-refractivity contribution is 0.188. The molecule has 1 aliphatic rings. The van der Waals surface area contributed by atoms with Crippen molar-refractivity contribution >= 4 is 23.4 Å².